The Bertz CT molecular complexity index is 903. The van der Waals surface area contributed by atoms with E-state index in [0.29, 0.717) is 25.2 Å². The van der Waals surface area contributed by atoms with Crippen LogP contribution in [-0.2, 0) is 15.8 Å². The van der Waals surface area contributed by atoms with Gasteiger partial charge < -0.3 is 9.73 Å². The minimum Gasteiger partial charge on any atom is -0.468 e. The van der Waals surface area contributed by atoms with Crippen LogP contribution in [0.5, 0.6) is 0 Å². The van der Waals surface area contributed by atoms with Gasteiger partial charge in [-0.25, -0.2) is 8.42 Å². The Morgan fingerprint density at radius 3 is 2.62 bits per heavy atom. The Morgan fingerprint density at radius 2 is 1.93 bits per heavy atom. The predicted octanol–water partition coefficient (Wildman–Crippen LogP) is 3.82. The predicted molar refractivity (Wildman–Crippen MR) is 116 cm³/mol. The van der Waals surface area contributed by atoms with Crippen LogP contribution in [0.3, 0.4) is 0 Å². The first-order valence-corrected chi connectivity index (χ1v) is 12.6. The summed E-state index contributed by atoms with van der Waals surface area (Å²) in [5, 5.41) is 2.89. The Kier molecular flexibility index (Phi) is 7.80. The van der Waals surface area contributed by atoms with E-state index in [1.165, 1.54) is 6.07 Å². The molecule has 1 amide bonds. The summed E-state index contributed by atoms with van der Waals surface area (Å²) in [5.41, 5.74) is 1.18. The number of hydrogen-bond acceptors (Lipinski definition) is 5. The summed E-state index contributed by atoms with van der Waals surface area (Å²) in [6.45, 7) is 3.42. The van der Waals surface area contributed by atoms with Crippen LogP contribution in [-0.4, -0.2) is 44.0 Å². The van der Waals surface area contributed by atoms with Crippen LogP contribution in [0.25, 0.3) is 0 Å². The Balaban J connectivity index is 1.60. The van der Waals surface area contributed by atoms with Crippen LogP contribution in [0.1, 0.15) is 47.4 Å². The van der Waals surface area contributed by atoms with Crippen LogP contribution >= 0.6 is 11.8 Å². The summed E-state index contributed by atoms with van der Waals surface area (Å²) in [7, 11) is -3.57. The van der Waals surface area contributed by atoms with Crippen molar-refractivity contribution in [3.05, 3.63) is 53.5 Å². The molecule has 3 rings (SSSR count). The zero-order valence-electron chi connectivity index (χ0n) is 16.7. The van der Waals surface area contributed by atoms with Crippen LogP contribution < -0.4 is 5.32 Å². The summed E-state index contributed by atoms with van der Waals surface area (Å²) >= 11 is 1.67. The van der Waals surface area contributed by atoms with E-state index in [2.05, 4.69) is 5.32 Å². The number of carbonyl (C=O) groups is 1. The molecule has 0 saturated carbocycles. The third-order valence-corrected chi connectivity index (χ3v) is 7.89. The summed E-state index contributed by atoms with van der Waals surface area (Å²) in [5.74, 6) is 2.17. The number of carbonyl (C=O) groups excluding carboxylic acids is 1. The van der Waals surface area contributed by atoms with E-state index >= 15 is 0 Å². The first-order valence-electron chi connectivity index (χ1n) is 9.97. The molecule has 2 heterocycles. The van der Waals surface area contributed by atoms with E-state index in [0.717, 1.165) is 48.5 Å². The maximum Gasteiger partial charge on any atom is 0.251 e. The molecule has 0 radical (unpaired) electrons. The number of nitrogens with zero attached hydrogens (tertiary/aromatic N) is 1. The van der Waals surface area contributed by atoms with Crippen molar-refractivity contribution in [1.29, 1.82) is 0 Å². The quantitative estimate of drug-likeness (QED) is 0.637. The molecule has 0 spiro atoms. The van der Waals surface area contributed by atoms with Crippen molar-refractivity contribution >= 4 is 27.7 Å². The fourth-order valence-corrected chi connectivity index (χ4v) is 5.64. The summed E-state index contributed by atoms with van der Waals surface area (Å²) in [6.07, 6.45) is 5.53. The molecule has 0 atom stereocenters. The lowest BCUT2D eigenvalue weighted by molar-refractivity contribution is 0.0955. The average molecular weight is 437 g/mol. The molecule has 1 aromatic heterocycles. The van der Waals surface area contributed by atoms with Gasteiger partial charge in [0, 0.05) is 31.0 Å². The maximum atomic E-state index is 13.0. The number of nitrogens with one attached hydrogen (secondary N) is 1. The van der Waals surface area contributed by atoms with E-state index in [1.54, 1.807) is 34.5 Å². The fraction of sp³-hybridized carbons (Fsp3) is 0.476. The van der Waals surface area contributed by atoms with Crippen molar-refractivity contribution in [1.82, 2.24) is 9.62 Å². The second kappa shape index (κ2) is 10.3. The molecule has 1 aliphatic rings. The first kappa shape index (κ1) is 21.9. The minimum absolute atomic E-state index is 0.197. The van der Waals surface area contributed by atoms with Crippen molar-refractivity contribution in [3.63, 3.8) is 0 Å². The van der Waals surface area contributed by atoms with E-state index in [9.17, 15) is 13.2 Å². The summed E-state index contributed by atoms with van der Waals surface area (Å²) in [4.78, 5) is 12.8. The Labute approximate surface area is 177 Å². The molecule has 0 aliphatic carbocycles. The molecule has 1 N–H and O–H groups in total. The monoisotopic (exact) mass is 436 g/mol. The number of aryl methyl sites for hydroxylation is 1. The molecule has 0 unspecified atom stereocenters. The van der Waals surface area contributed by atoms with Gasteiger partial charge >= 0.3 is 0 Å². The van der Waals surface area contributed by atoms with Crippen LogP contribution in [0, 0.1) is 6.92 Å². The number of amides is 1. The molecule has 1 aromatic carbocycles. The van der Waals surface area contributed by atoms with E-state index in [4.69, 9.17) is 4.42 Å². The number of hydrogen-bond donors (Lipinski definition) is 1. The lowest BCUT2D eigenvalue weighted by atomic mass is 10.1. The highest BCUT2D eigenvalue weighted by molar-refractivity contribution is 7.98. The fourth-order valence-electron chi connectivity index (χ4n) is 3.34. The van der Waals surface area contributed by atoms with Gasteiger partial charge in [0.25, 0.3) is 5.91 Å². The summed E-state index contributed by atoms with van der Waals surface area (Å²) < 4.78 is 32.9. The zero-order valence-corrected chi connectivity index (χ0v) is 18.4. The van der Waals surface area contributed by atoms with Gasteiger partial charge in [-0.3, -0.25) is 4.79 Å². The first-order chi connectivity index (χ1) is 14.0. The van der Waals surface area contributed by atoms with Gasteiger partial charge in [0.15, 0.2) is 0 Å². The van der Waals surface area contributed by atoms with Gasteiger partial charge in [0.1, 0.15) is 5.76 Å². The van der Waals surface area contributed by atoms with Crippen molar-refractivity contribution in [2.24, 2.45) is 0 Å². The molecular weight excluding hydrogens is 408 g/mol. The standard InChI is InChI=1S/C21H28N2O4S2/c1-17-8-9-19(29(25,26)23-11-4-2-3-5-12-23)15-20(17)21(24)22-10-14-28-16-18-7-6-13-27-18/h6-9,13,15H,2-5,10-12,14,16H2,1H3,(H,22,24). The molecule has 6 nitrogen and oxygen atoms in total. The smallest absolute Gasteiger partial charge is 0.251 e. The van der Waals surface area contributed by atoms with Crippen LogP contribution in [0.15, 0.2) is 45.9 Å². The van der Waals surface area contributed by atoms with Crippen molar-refractivity contribution in [2.75, 3.05) is 25.4 Å². The third-order valence-electron chi connectivity index (χ3n) is 5.01. The number of rotatable bonds is 8. The third kappa shape index (κ3) is 5.87. The Hall–Kier alpha value is -1.77. The maximum absolute atomic E-state index is 13.0. The van der Waals surface area contributed by atoms with Gasteiger partial charge in [-0.1, -0.05) is 18.9 Å². The highest BCUT2D eigenvalue weighted by atomic mass is 32.2. The SMILES string of the molecule is Cc1ccc(S(=O)(=O)N2CCCCCC2)cc1C(=O)NCCSCc1ccco1. The molecule has 1 saturated heterocycles. The van der Waals surface area contributed by atoms with Gasteiger partial charge in [-0.15, -0.1) is 0 Å². The Morgan fingerprint density at radius 1 is 1.17 bits per heavy atom. The normalized spacial score (nSPS) is 15.8. The second-order valence-electron chi connectivity index (χ2n) is 7.18. The minimum atomic E-state index is -3.57. The van der Waals surface area contributed by atoms with Crippen molar-refractivity contribution in [3.8, 4) is 0 Å². The highest BCUT2D eigenvalue weighted by Gasteiger charge is 2.26. The van der Waals surface area contributed by atoms with Gasteiger partial charge in [-0.05, 0) is 49.6 Å². The van der Waals surface area contributed by atoms with Crippen molar-refractivity contribution in [2.45, 2.75) is 43.3 Å². The largest absolute Gasteiger partial charge is 0.468 e. The van der Waals surface area contributed by atoms with E-state index < -0.39 is 10.0 Å². The molecule has 8 heteroatoms. The zero-order chi connectivity index (χ0) is 20.7. The molecule has 158 valence electrons. The number of thioether (sulfide) groups is 1. The van der Waals surface area contributed by atoms with E-state index in [-0.39, 0.29) is 10.8 Å². The van der Waals surface area contributed by atoms with Gasteiger partial charge in [-0.2, -0.15) is 16.1 Å². The number of sulfonamides is 1. The molecule has 1 fully saturated rings. The van der Waals surface area contributed by atoms with Crippen LogP contribution in [0.4, 0.5) is 0 Å². The molecule has 0 bridgehead atoms. The lowest BCUT2D eigenvalue weighted by Crippen LogP contribution is -2.32. The molecule has 1 aliphatic heterocycles. The van der Waals surface area contributed by atoms with Gasteiger partial charge in [0.2, 0.25) is 10.0 Å². The average Bonchev–Trinajstić information content (AvgIpc) is 3.06. The number of furan rings is 1. The highest BCUT2D eigenvalue weighted by Crippen LogP contribution is 2.22. The second-order valence-corrected chi connectivity index (χ2v) is 10.2. The molecule has 29 heavy (non-hydrogen) atoms. The van der Waals surface area contributed by atoms with Crippen LogP contribution in [0.2, 0.25) is 0 Å². The van der Waals surface area contributed by atoms with Gasteiger partial charge in [0.05, 0.1) is 16.9 Å². The molecular formula is C21H28N2O4S2. The molecule has 2 aromatic rings. The van der Waals surface area contributed by atoms with Crippen molar-refractivity contribution < 1.29 is 17.6 Å². The summed E-state index contributed by atoms with van der Waals surface area (Å²) in [6, 6.07) is 8.61. The lowest BCUT2D eigenvalue weighted by Gasteiger charge is -2.20. The number of benzene rings is 1. The topological polar surface area (TPSA) is 79.6 Å². The van der Waals surface area contributed by atoms with E-state index in [1.807, 2.05) is 19.1 Å².